The van der Waals surface area contributed by atoms with E-state index >= 15 is 0 Å². The first-order chi connectivity index (χ1) is 11.7. The Morgan fingerprint density at radius 1 is 0.958 bits per heavy atom. The van der Waals surface area contributed by atoms with Crippen molar-refractivity contribution in [1.82, 2.24) is 4.98 Å². The van der Waals surface area contributed by atoms with Crippen molar-refractivity contribution in [2.45, 2.75) is 0 Å². The summed E-state index contributed by atoms with van der Waals surface area (Å²) in [6.07, 6.45) is 1.59. The fraction of sp³-hybridized carbons (Fsp3) is 0. The van der Waals surface area contributed by atoms with Crippen molar-refractivity contribution < 1.29 is 13.5 Å². The minimum Gasteiger partial charge on any atom is -0.450 e. The van der Waals surface area contributed by atoms with Crippen LogP contribution < -0.4 is 10.5 Å². The fourth-order valence-corrected chi connectivity index (χ4v) is 2.46. The summed E-state index contributed by atoms with van der Waals surface area (Å²) >= 11 is 0. The third kappa shape index (κ3) is 2.56. The summed E-state index contributed by atoms with van der Waals surface area (Å²) in [7, 11) is 0. The van der Waals surface area contributed by atoms with E-state index in [-0.39, 0.29) is 5.75 Å². The molecule has 0 saturated carbocycles. The SMILES string of the molecule is Nc1ccc(Oc2ccnc3cc(-c4ccccc4)oc23)c(F)c1. The second-order valence-corrected chi connectivity index (χ2v) is 5.29. The number of nitrogen functional groups attached to an aromatic ring is 1. The summed E-state index contributed by atoms with van der Waals surface area (Å²) in [5, 5.41) is 0. The van der Waals surface area contributed by atoms with E-state index in [1.807, 2.05) is 36.4 Å². The van der Waals surface area contributed by atoms with Crippen LogP contribution >= 0.6 is 0 Å². The van der Waals surface area contributed by atoms with Gasteiger partial charge in [-0.1, -0.05) is 30.3 Å². The van der Waals surface area contributed by atoms with Crippen molar-refractivity contribution in [3.63, 3.8) is 0 Å². The number of ether oxygens (including phenoxy) is 1. The zero-order valence-electron chi connectivity index (χ0n) is 12.6. The van der Waals surface area contributed by atoms with E-state index in [4.69, 9.17) is 14.9 Å². The Kier molecular flexibility index (Phi) is 3.39. The quantitative estimate of drug-likeness (QED) is 0.539. The number of rotatable bonds is 3. The fourth-order valence-electron chi connectivity index (χ4n) is 2.46. The van der Waals surface area contributed by atoms with Crippen molar-refractivity contribution >= 4 is 16.8 Å². The third-order valence-corrected chi connectivity index (χ3v) is 3.61. The summed E-state index contributed by atoms with van der Waals surface area (Å²) < 4.78 is 25.5. The molecule has 118 valence electrons. The maximum atomic E-state index is 14.0. The predicted octanol–water partition coefficient (Wildman–Crippen LogP) is 5.01. The molecule has 4 nitrogen and oxygen atoms in total. The number of hydrogen-bond acceptors (Lipinski definition) is 4. The molecule has 0 atom stereocenters. The summed E-state index contributed by atoms with van der Waals surface area (Å²) in [5.74, 6) is 0.613. The van der Waals surface area contributed by atoms with E-state index in [2.05, 4.69) is 4.98 Å². The van der Waals surface area contributed by atoms with Crippen LogP contribution in [-0.2, 0) is 0 Å². The number of pyridine rings is 1. The summed E-state index contributed by atoms with van der Waals surface area (Å²) in [4.78, 5) is 4.28. The molecule has 0 unspecified atom stereocenters. The number of furan rings is 1. The van der Waals surface area contributed by atoms with Crippen molar-refractivity contribution in [2.24, 2.45) is 0 Å². The standard InChI is InChI=1S/C19H13FN2O2/c20-14-10-13(21)6-7-16(14)23-17-8-9-22-15-11-18(24-19(15)17)12-4-2-1-3-5-12/h1-11H,21H2. The number of halogens is 1. The van der Waals surface area contributed by atoms with Gasteiger partial charge >= 0.3 is 0 Å². The highest BCUT2D eigenvalue weighted by Gasteiger charge is 2.14. The van der Waals surface area contributed by atoms with Gasteiger partial charge in [0.1, 0.15) is 11.3 Å². The van der Waals surface area contributed by atoms with Gasteiger partial charge in [-0.2, -0.15) is 0 Å². The Balaban J connectivity index is 1.77. The molecule has 0 fully saturated rings. The molecule has 0 amide bonds. The summed E-state index contributed by atoms with van der Waals surface area (Å²) in [6.45, 7) is 0. The van der Waals surface area contributed by atoms with E-state index in [1.165, 1.54) is 12.1 Å². The molecular weight excluding hydrogens is 307 g/mol. The number of nitrogens with two attached hydrogens (primary N) is 1. The van der Waals surface area contributed by atoms with Gasteiger partial charge in [0.25, 0.3) is 0 Å². The number of benzene rings is 2. The third-order valence-electron chi connectivity index (χ3n) is 3.61. The molecule has 5 heteroatoms. The highest BCUT2D eigenvalue weighted by molar-refractivity contribution is 5.84. The molecule has 0 aliphatic carbocycles. The first-order valence-corrected chi connectivity index (χ1v) is 7.37. The molecule has 2 N–H and O–H groups in total. The van der Waals surface area contributed by atoms with Crippen LogP contribution in [0.4, 0.5) is 10.1 Å². The molecule has 0 aliphatic heterocycles. The van der Waals surface area contributed by atoms with Gasteiger partial charge in [0.2, 0.25) is 0 Å². The largest absolute Gasteiger partial charge is 0.450 e. The van der Waals surface area contributed by atoms with Crippen LogP contribution in [0, 0.1) is 5.82 Å². The lowest BCUT2D eigenvalue weighted by molar-refractivity contribution is 0.438. The number of nitrogens with zero attached hydrogens (tertiary/aromatic N) is 1. The molecule has 0 spiro atoms. The van der Waals surface area contributed by atoms with Crippen LogP contribution in [0.15, 0.2) is 71.3 Å². The minimum atomic E-state index is -0.533. The van der Waals surface area contributed by atoms with Crippen molar-refractivity contribution in [3.8, 4) is 22.8 Å². The van der Waals surface area contributed by atoms with Gasteiger partial charge in [-0.05, 0) is 12.1 Å². The highest BCUT2D eigenvalue weighted by Crippen LogP contribution is 2.35. The molecule has 4 aromatic rings. The highest BCUT2D eigenvalue weighted by atomic mass is 19.1. The summed E-state index contributed by atoms with van der Waals surface area (Å²) in [5.41, 5.74) is 7.93. The molecule has 2 aromatic heterocycles. The van der Waals surface area contributed by atoms with Gasteiger partial charge in [-0.25, -0.2) is 4.39 Å². The Labute approximate surface area is 137 Å². The normalized spacial score (nSPS) is 10.9. The number of hydrogen-bond donors (Lipinski definition) is 1. The first-order valence-electron chi connectivity index (χ1n) is 7.37. The van der Waals surface area contributed by atoms with Crippen molar-refractivity contribution in [3.05, 3.63) is 72.7 Å². The van der Waals surface area contributed by atoms with E-state index in [1.54, 1.807) is 18.3 Å². The van der Waals surface area contributed by atoms with Gasteiger partial charge in [0, 0.05) is 35.6 Å². The second kappa shape index (κ2) is 5.70. The van der Waals surface area contributed by atoms with Gasteiger partial charge in [-0.3, -0.25) is 4.98 Å². The van der Waals surface area contributed by atoms with Crippen LogP contribution in [0.25, 0.3) is 22.4 Å². The lowest BCUT2D eigenvalue weighted by atomic mass is 10.2. The molecule has 0 radical (unpaired) electrons. The molecule has 4 rings (SSSR count). The number of fused-ring (bicyclic) bond motifs is 1. The number of aromatic nitrogens is 1. The monoisotopic (exact) mass is 320 g/mol. The van der Waals surface area contributed by atoms with Crippen molar-refractivity contribution in [1.29, 1.82) is 0 Å². The zero-order chi connectivity index (χ0) is 16.5. The van der Waals surface area contributed by atoms with Gasteiger partial charge in [-0.15, -0.1) is 0 Å². The first kappa shape index (κ1) is 14.3. The average molecular weight is 320 g/mol. The molecule has 2 heterocycles. The van der Waals surface area contributed by atoms with E-state index < -0.39 is 5.82 Å². The Morgan fingerprint density at radius 2 is 1.79 bits per heavy atom. The smallest absolute Gasteiger partial charge is 0.195 e. The average Bonchev–Trinajstić information content (AvgIpc) is 3.03. The molecule has 0 bridgehead atoms. The van der Waals surface area contributed by atoms with E-state index in [0.717, 1.165) is 5.56 Å². The van der Waals surface area contributed by atoms with Crippen LogP contribution in [0.5, 0.6) is 11.5 Å². The minimum absolute atomic E-state index is 0.0781. The van der Waals surface area contributed by atoms with E-state index in [9.17, 15) is 4.39 Å². The topological polar surface area (TPSA) is 61.3 Å². The van der Waals surface area contributed by atoms with Gasteiger partial charge < -0.3 is 14.9 Å². The summed E-state index contributed by atoms with van der Waals surface area (Å²) in [6, 6.07) is 17.4. The van der Waals surface area contributed by atoms with Crippen LogP contribution in [-0.4, -0.2) is 4.98 Å². The predicted molar refractivity (Wildman–Crippen MR) is 90.3 cm³/mol. The molecule has 0 saturated heterocycles. The Morgan fingerprint density at radius 3 is 2.58 bits per heavy atom. The molecule has 2 aromatic carbocycles. The van der Waals surface area contributed by atoms with Crippen LogP contribution in [0.2, 0.25) is 0 Å². The Bertz CT molecular complexity index is 1010. The lowest BCUT2D eigenvalue weighted by Crippen LogP contribution is -1.92. The molecular formula is C19H13FN2O2. The van der Waals surface area contributed by atoms with Gasteiger partial charge in [0.05, 0.1) is 0 Å². The zero-order valence-corrected chi connectivity index (χ0v) is 12.6. The van der Waals surface area contributed by atoms with Crippen LogP contribution in [0.1, 0.15) is 0 Å². The van der Waals surface area contributed by atoms with Crippen LogP contribution in [0.3, 0.4) is 0 Å². The molecule has 0 aliphatic rings. The van der Waals surface area contributed by atoms with Crippen molar-refractivity contribution in [2.75, 3.05) is 5.73 Å². The lowest BCUT2D eigenvalue weighted by Gasteiger charge is -2.07. The van der Waals surface area contributed by atoms with Gasteiger partial charge in [0.15, 0.2) is 22.9 Å². The maximum Gasteiger partial charge on any atom is 0.195 e. The maximum absolute atomic E-state index is 14.0. The van der Waals surface area contributed by atoms with E-state index in [0.29, 0.717) is 28.3 Å². The second-order valence-electron chi connectivity index (χ2n) is 5.29. The molecule has 24 heavy (non-hydrogen) atoms. The Hall–Kier alpha value is -3.34. The number of anilines is 1.